The fourth-order valence-electron chi connectivity index (χ4n) is 3.36. The van der Waals surface area contributed by atoms with Gasteiger partial charge >= 0.3 is 0 Å². The molecule has 2 heterocycles. The van der Waals surface area contributed by atoms with Crippen molar-refractivity contribution < 1.29 is 9.59 Å². The molecule has 1 atom stereocenters. The van der Waals surface area contributed by atoms with E-state index >= 15 is 0 Å². The molecule has 1 saturated heterocycles. The van der Waals surface area contributed by atoms with Crippen LogP contribution in [-0.4, -0.2) is 40.7 Å². The molecule has 1 aromatic heterocycles. The fraction of sp³-hybridized carbons (Fsp3) is 0.381. The number of nitrogens with one attached hydrogen (secondary N) is 1. The molecule has 1 unspecified atom stereocenters. The van der Waals surface area contributed by atoms with E-state index in [1.54, 1.807) is 30.5 Å². The van der Waals surface area contributed by atoms with Crippen LogP contribution in [0.2, 0.25) is 0 Å². The van der Waals surface area contributed by atoms with Crippen molar-refractivity contribution in [3.63, 3.8) is 0 Å². The maximum absolute atomic E-state index is 13.2. The first-order valence-electron chi connectivity index (χ1n) is 9.18. The molecule has 0 radical (unpaired) electrons. The number of carbonyl (C=O) groups is 2. The van der Waals surface area contributed by atoms with E-state index in [1.807, 2.05) is 23.1 Å². The van der Waals surface area contributed by atoms with E-state index in [0.717, 1.165) is 38.0 Å². The van der Waals surface area contributed by atoms with Crippen LogP contribution in [-0.2, 0) is 6.54 Å². The van der Waals surface area contributed by atoms with Gasteiger partial charge in [0.1, 0.15) is 0 Å². The topological polar surface area (TPSA) is 62.3 Å². The van der Waals surface area contributed by atoms with E-state index < -0.39 is 0 Å². The lowest BCUT2D eigenvalue weighted by molar-refractivity contribution is 0.0642. The van der Waals surface area contributed by atoms with Gasteiger partial charge in [-0.25, -0.2) is 0 Å². The van der Waals surface area contributed by atoms with Crippen LogP contribution in [0.1, 0.15) is 52.6 Å². The van der Waals surface area contributed by atoms with E-state index in [2.05, 4.69) is 10.3 Å². The third kappa shape index (κ3) is 4.55. The van der Waals surface area contributed by atoms with Gasteiger partial charge in [-0.3, -0.25) is 14.6 Å². The Morgan fingerprint density at radius 3 is 2.54 bits per heavy atom. The normalized spacial score (nSPS) is 17.3. The van der Waals surface area contributed by atoms with Crippen LogP contribution in [0.3, 0.4) is 0 Å². The Labute approximate surface area is 154 Å². The van der Waals surface area contributed by atoms with Gasteiger partial charge in [0.25, 0.3) is 5.91 Å². The second-order valence-corrected chi connectivity index (χ2v) is 6.72. The largest absolute Gasteiger partial charge is 0.330 e. The molecule has 0 saturated carbocycles. The number of aromatic nitrogens is 1. The van der Waals surface area contributed by atoms with Gasteiger partial charge in [-0.1, -0.05) is 18.2 Å². The average Bonchev–Trinajstić information content (AvgIpc) is 2.96. The molecule has 3 rings (SSSR count). The molecule has 136 valence electrons. The Morgan fingerprint density at radius 2 is 1.85 bits per heavy atom. The van der Waals surface area contributed by atoms with E-state index in [9.17, 15) is 9.59 Å². The molecule has 1 aliphatic heterocycles. The standard InChI is InChI=1S/C21H25N3O2/c1-16(25)17-7-9-18(10-8-17)21(26)24(15-19-5-2-3-13-23-19)20-6-4-12-22-14-11-20/h2-3,5,7-10,13,20,22H,4,6,11-12,14-15H2,1H3. The van der Waals surface area contributed by atoms with Crippen molar-refractivity contribution in [2.45, 2.75) is 38.8 Å². The summed E-state index contributed by atoms with van der Waals surface area (Å²) < 4.78 is 0. The zero-order valence-corrected chi connectivity index (χ0v) is 15.1. The van der Waals surface area contributed by atoms with Gasteiger partial charge in [-0.05, 0) is 63.5 Å². The number of hydrogen-bond donors (Lipinski definition) is 1. The van der Waals surface area contributed by atoms with Gasteiger partial charge in [0.2, 0.25) is 0 Å². The van der Waals surface area contributed by atoms with Crippen LogP contribution in [0.15, 0.2) is 48.7 Å². The Balaban J connectivity index is 1.85. The third-order valence-corrected chi connectivity index (χ3v) is 4.84. The fourth-order valence-corrected chi connectivity index (χ4v) is 3.36. The van der Waals surface area contributed by atoms with Crippen LogP contribution in [0, 0.1) is 0 Å². The van der Waals surface area contributed by atoms with Crippen molar-refractivity contribution in [3.8, 4) is 0 Å². The van der Waals surface area contributed by atoms with Gasteiger partial charge in [0.05, 0.1) is 12.2 Å². The van der Waals surface area contributed by atoms with Crippen LogP contribution in [0.5, 0.6) is 0 Å². The van der Waals surface area contributed by atoms with Gasteiger partial charge < -0.3 is 10.2 Å². The molecule has 0 aliphatic carbocycles. The molecule has 1 aromatic carbocycles. The quantitative estimate of drug-likeness (QED) is 0.841. The minimum Gasteiger partial charge on any atom is -0.330 e. The zero-order valence-electron chi connectivity index (χ0n) is 15.1. The monoisotopic (exact) mass is 351 g/mol. The highest BCUT2D eigenvalue weighted by Crippen LogP contribution is 2.20. The Morgan fingerprint density at radius 1 is 1.08 bits per heavy atom. The summed E-state index contributed by atoms with van der Waals surface area (Å²) in [7, 11) is 0. The SMILES string of the molecule is CC(=O)c1ccc(C(=O)N(Cc2ccccn2)C2CCCNCC2)cc1. The summed E-state index contributed by atoms with van der Waals surface area (Å²) in [6.45, 7) is 3.94. The summed E-state index contributed by atoms with van der Waals surface area (Å²) in [6.07, 6.45) is 4.73. The zero-order chi connectivity index (χ0) is 18.4. The van der Waals surface area contributed by atoms with Crippen LogP contribution in [0.25, 0.3) is 0 Å². The number of nitrogens with zero attached hydrogens (tertiary/aromatic N) is 2. The first kappa shape index (κ1) is 18.3. The Kier molecular flexibility index (Phi) is 6.12. The molecule has 5 heteroatoms. The first-order chi connectivity index (χ1) is 12.6. The van der Waals surface area contributed by atoms with Gasteiger partial charge in [-0.2, -0.15) is 0 Å². The lowest BCUT2D eigenvalue weighted by Gasteiger charge is -2.31. The predicted molar refractivity (Wildman–Crippen MR) is 101 cm³/mol. The van der Waals surface area contributed by atoms with Crippen molar-refractivity contribution in [2.75, 3.05) is 13.1 Å². The predicted octanol–water partition coefficient (Wildman–Crippen LogP) is 3.07. The smallest absolute Gasteiger partial charge is 0.254 e. The summed E-state index contributed by atoms with van der Waals surface area (Å²) in [5.74, 6) is 0.00170. The molecule has 1 fully saturated rings. The number of pyridine rings is 1. The van der Waals surface area contributed by atoms with Crippen LogP contribution in [0.4, 0.5) is 0 Å². The number of hydrogen-bond acceptors (Lipinski definition) is 4. The third-order valence-electron chi connectivity index (χ3n) is 4.84. The van der Waals surface area contributed by atoms with Crippen LogP contribution < -0.4 is 5.32 Å². The van der Waals surface area contributed by atoms with Crippen molar-refractivity contribution in [3.05, 3.63) is 65.5 Å². The maximum Gasteiger partial charge on any atom is 0.254 e. The number of ketones is 1. The molecule has 1 aliphatic rings. The van der Waals surface area contributed by atoms with Crippen molar-refractivity contribution in [2.24, 2.45) is 0 Å². The summed E-state index contributed by atoms with van der Waals surface area (Å²) in [5.41, 5.74) is 2.12. The van der Waals surface area contributed by atoms with Gasteiger partial charge in [0.15, 0.2) is 5.78 Å². The minimum atomic E-state index is -0.00217. The van der Waals surface area contributed by atoms with E-state index in [0.29, 0.717) is 17.7 Å². The first-order valence-corrected chi connectivity index (χ1v) is 9.18. The molecule has 26 heavy (non-hydrogen) atoms. The lowest BCUT2D eigenvalue weighted by Crippen LogP contribution is -2.40. The summed E-state index contributed by atoms with van der Waals surface area (Å²) in [5, 5.41) is 3.40. The highest BCUT2D eigenvalue weighted by molar-refractivity contribution is 5.97. The molecule has 5 nitrogen and oxygen atoms in total. The van der Waals surface area contributed by atoms with E-state index in [4.69, 9.17) is 0 Å². The molecule has 1 N–H and O–H groups in total. The molecular weight excluding hydrogens is 326 g/mol. The second kappa shape index (κ2) is 8.72. The molecule has 0 bridgehead atoms. The maximum atomic E-state index is 13.2. The molecule has 2 aromatic rings. The number of benzene rings is 1. The minimum absolute atomic E-state index is 0.00217. The van der Waals surface area contributed by atoms with E-state index in [-0.39, 0.29) is 17.7 Å². The average molecular weight is 351 g/mol. The van der Waals surface area contributed by atoms with Crippen LogP contribution >= 0.6 is 0 Å². The summed E-state index contributed by atoms with van der Waals surface area (Å²) >= 11 is 0. The second-order valence-electron chi connectivity index (χ2n) is 6.72. The lowest BCUT2D eigenvalue weighted by atomic mass is 10.0. The van der Waals surface area contributed by atoms with Crippen molar-refractivity contribution >= 4 is 11.7 Å². The highest BCUT2D eigenvalue weighted by atomic mass is 16.2. The highest BCUT2D eigenvalue weighted by Gasteiger charge is 2.26. The molecule has 0 spiro atoms. The summed E-state index contributed by atoms with van der Waals surface area (Å²) in [4.78, 5) is 31.0. The Bertz CT molecular complexity index is 736. The number of rotatable bonds is 5. The number of amides is 1. The van der Waals surface area contributed by atoms with Gasteiger partial charge in [0, 0.05) is 23.4 Å². The van der Waals surface area contributed by atoms with Crippen molar-refractivity contribution in [1.82, 2.24) is 15.2 Å². The van der Waals surface area contributed by atoms with Crippen molar-refractivity contribution in [1.29, 1.82) is 0 Å². The molecule has 1 amide bonds. The molecular formula is C21H25N3O2. The number of Topliss-reactive ketones (excluding diaryl/α,β-unsaturated/α-hetero) is 1. The van der Waals surface area contributed by atoms with E-state index in [1.165, 1.54) is 6.92 Å². The van der Waals surface area contributed by atoms with Gasteiger partial charge in [-0.15, -0.1) is 0 Å². The summed E-state index contributed by atoms with van der Waals surface area (Å²) in [6, 6.07) is 12.9. The Hall–Kier alpha value is -2.53. The number of carbonyl (C=O) groups excluding carboxylic acids is 2.